The number of nitrogens with one attached hydrogen (secondary N) is 1. The smallest absolute Gasteiger partial charge is 0.338 e. The first-order valence-corrected chi connectivity index (χ1v) is 8.00. The number of carbonyl (C=O) groups excluding carboxylic acids is 4. The minimum absolute atomic E-state index is 0.0438. The molecular formula is C17H20N2O6. The van der Waals surface area contributed by atoms with E-state index in [1.54, 1.807) is 13.8 Å². The van der Waals surface area contributed by atoms with Crippen LogP contribution in [0, 0.1) is 0 Å². The largest absolute Gasteiger partial charge is 0.465 e. The molecule has 0 saturated carbocycles. The van der Waals surface area contributed by atoms with Crippen LogP contribution >= 0.6 is 0 Å². The third-order valence-electron chi connectivity index (χ3n) is 3.58. The number of amides is 2. The van der Waals surface area contributed by atoms with E-state index >= 15 is 0 Å². The fraction of sp³-hybridized carbons (Fsp3) is 0.412. The molecule has 1 aliphatic rings. The normalized spacial score (nSPS) is 16.9. The first-order valence-electron chi connectivity index (χ1n) is 8.00. The van der Waals surface area contributed by atoms with Crippen molar-refractivity contribution < 1.29 is 28.7 Å². The van der Waals surface area contributed by atoms with Gasteiger partial charge in [-0.05, 0) is 38.1 Å². The Morgan fingerprint density at radius 1 is 1.12 bits per heavy atom. The lowest BCUT2D eigenvalue weighted by Crippen LogP contribution is -2.41. The SMILES string of the molecule is CCOC(=O)CN[C@H]1CC(=O)N(c2ccc(C(=O)OCC)cc2)C1=O. The number of carbonyl (C=O) groups is 4. The van der Waals surface area contributed by atoms with Crippen LogP contribution in [0.2, 0.25) is 0 Å². The number of hydrogen-bond acceptors (Lipinski definition) is 7. The summed E-state index contributed by atoms with van der Waals surface area (Å²) in [5.74, 6) is -1.78. The lowest BCUT2D eigenvalue weighted by molar-refractivity contribution is -0.142. The molecule has 8 nitrogen and oxygen atoms in total. The monoisotopic (exact) mass is 348 g/mol. The van der Waals surface area contributed by atoms with Crippen LogP contribution < -0.4 is 10.2 Å². The van der Waals surface area contributed by atoms with Gasteiger partial charge in [-0.3, -0.25) is 19.7 Å². The van der Waals surface area contributed by atoms with Crippen LogP contribution in [0.25, 0.3) is 0 Å². The second-order valence-electron chi connectivity index (χ2n) is 5.28. The summed E-state index contributed by atoms with van der Waals surface area (Å²) >= 11 is 0. The van der Waals surface area contributed by atoms with Crippen molar-refractivity contribution in [1.29, 1.82) is 0 Å². The van der Waals surface area contributed by atoms with Crippen molar-refractivity contribution in [3.8, 4) is 0 Å². The van der Waals surface area contributed by atoms with Crippen LogP contribution in [-0.4, -0.2) is 49.6 Å². The fourth-order valence-electron chi connectivity index (χ4n) is 2.44. The van der Waals surface area contributed by atoms with Crippen LogP contribution in [0.15, 0.2) is 24.3 Å². The van der Waals surface area contributed by atoms with Gasteiger partial charge in [0.25, 0.3) is 5.91 Å². The predicted octanol–water partition coefficient (Wildman–Crippen LogP) is 0.648. The van der Waals surface area contributed by atoms with Gasteiger partial charge >= 0.3 is 11.9 Å². The van der Waals surface area contributed by atoms with Crippen molar-refractivity contribution in [2.75, 3.05) is 24.7 Å². The number of anilines is 1. The minimum Gasteiger partial charge on any atom is -0.465 e. The summed E-state index contributed by atoms with van der Waals surface area (Å²) in [5.41, 5.74) is 0.699. The maximum Gasteiger partial charge on any atom is 0.338 e. The van der Waals surface area contributed by atoms with Crippen molar-refractivity contribution in [2.24, 2.45) is 0 Å². The van der Waals surface area contributed by atoms with E-state index < -0.39 is 23.9 Å². The van der Waals surface area contributed by atoms with Gasteiger partial charge in [0.05, 0.1) is 43.5 Å². The number of hydrogen-bond donors (Lipinski definition) is 1. The average molecular weight is 348 g/mol. The summed E-state index contributed by atoms with van der Waals surface area (Å²) in [7, 11) is 0. The standard InChI is InChI=1S/C17H20N2O6/c1-3-24-15(21)10-18-13-9-14(20)19(16(13)22)12-7-5-11(6-8-12)17(23)25-4-2/h5-8,13,18H,3-4,9-10H2,1-2H3/t13-/m0/s1. The number of rotatable bonds is 7. The van der Waals surface area contributed by atoms with E-state index in [0.717, 1.165) is 4.90 Å². The predicted molar refractivity (Wildman–Crippen MR) is 87.9 cm³/mol. The summed E-state index contributed by atoms with van der Waals surface area (Å²) < 4.78 is 9.66. The molecule has 0 radical (unpaired) electrons. The molecule has 1 aromatic rings. The molecule has 0 aliphatic carbocycles. The Balaban J connectivity index is 2.04. The maximum absolute atomic E-state index is 12.4. The summed E-state index contributed by atoms with van der Waals surface area (Å²) in [6, 6.07) is 5.23. The highest BCUT2D eigenvalue weighted by molar-refractivity contribution is 6.22. The van der Waals surface area contributed by atoms with Gasteiger partial charge in [0, 0.05) is 0 Å². The van der Waals surface area contributed by atoms with Gasteiger partial charge in [0.1, 0.15) is 0 Å². The molecule has 1 atom stereocenters. The minimum atomic E-state index is -0.776. The topological polar surface area (TPSA) is 102 Å². The van der Waals surface area contributed by atoms with Gasteiger partial charge in [0.15, 0.2) is 0 Å². The highest BCUT2D eigenvalue weighted by atomic mass is 16.5. The Kier molecular flexibility index (Phi) is 6.24. The van der Waals surface area contributed by atoms with E-state index in [-0.39, 0.29) is 32.1 Å². The third-order valence-corrected chi connectivity index (χ3v) is 3.58. The molecule has 1 fully saturated rings. The van der Waals surface area contributed by atoms with E-state index in [4.69, 9.17) is 9.47 Å². The molecule has 25 heavy (non-hydrogen) atoms. The van der Waals surface area contributed by atoms with Crippen LogP contribution in [-0.2, 0) is 23.9 Å². The molecule has 0 unspecified atom stereocenters. The highest BCUT2D eigenvalue weighted by Gasteiger charge is 2.39. The van der Waals surface area contributed by atoms with Gasteiger partial charge in [-0.15, -0.1) is 0 Å². The Bertz CT molecular complexity index is 670. The van der Waals surface area contributed by atoms with E-state index in [1.807, 2.05) is 0 Å². The molecule has 2 amide bonds. The summed E-state index contributed by atoms with van der Waals surface area (Å²) in [5, 5.41) is 2.73. The number of esters is 2. The zero-order valence-corrected chi connectivity index (χ0v) is 14.1. The molecule has 0 bridgehead atoms. The summed E-state index contributed by atoms with van der Waals surface area (Å²) in [6.45, 7) is 3.75. The molecule has 1 saturated heterocycles. The first-order chi connectivity index (χ1) is 12.0. The molecule has 2 rings (SSSR count). The lowest BCUT2D eigenvalue weighted by Gasteiger charge is -2.15. The number of nitrogens with zero attached hydrogens (tertiary/aromatic N) is 1. The van der Waals surface area contributed by atoms with Crippen LogP contribution in [0.5, 0.6) is 0 Å². The Morgan fingerprint density at radius 3 is 2.36 bits per heavy atom. The van der Waals surface area contributed by atoms with E-state index in [2.05, 4.69) is 5.32 Å². The quantitative estimate of drug-likeness (QED) is 0.570. The first kappa shape index (κ1) is 18.6. The molecular weight excluding hydrogens is 328 g/mol. The van der Waals surface area contributed by atoms with Crippen LogP contribution in [0.1, 0.15) is 30.6 Å². The van der Waals surface area contributed by atoms with Crippen molar-refractivity contribution in [3.05, 3.63) is 29.8 Å². The molecule has 134 valence electrons. The summed E-state index contributed by atoms with van der Waals surface area (Å²) in [6.07, 6.45) is -0.0438. The van der Waals surface area contributed by atoms with E-state index in [9.17, 15) is 19.2 Å². The molecule has 0 aromatic heterocycles. The Hall–Kier alpha value is -2.74. The molecule has 8 heteroatoms. The molecule has 1 aromatic carbocycles. The third kappa shape index (κ3) is 4.42. The molecule has 1 aliphatic heterocycles. The zero-order valence-electron chi connectivity index (χ0n) is 14.1. The van der Waals surface area contributed by atoms with Gasteiger partial charge in [-0.25, -0.2) is 9.69 Å². The van der Waals surface area contributed by atoms with Crippen LogP contribution in [0.3, 0.4) is 0 Å². The van der Waals surface area contributed by atoms with E-state index in [1.165, 1.54) is 24.3 Å². The second-order valence-corrected chi connectivity index (χ2v) is 5.28. The van der Waals surface area contributed by atoms with Crippen molar-refractivity contribution in [3.63, 3.8) is 0 Å². The maximum atomic E-state index is 12.4. The Morgan fingerprint density at radius 2 is 1.76 bits per heavy atom. The highest BCUT2D eigenvalue weighted by Crippen LogP contribution is 2.23. The summed E-state index contributed by atoms with van der Waals surface area (Å²) in [4.78, 5) is 48.6. The molecule has 1 N–H and O–H groups in total. The average Bonchev–Trinajstić information content (AvgIpc) is 2.87. The fourth-order valence-corrected chi connectivity index (χ4v) is 2.44. The van der Waals surface area contributed by atoms with E-state index in [0.29, 0.717) is 11.3 Å². The second kappa shape index (κ2) is 8.39. The lowest BCUT2D eigenvalue weighted by atomic mass is 10.2. The Labute approximate surface area is 145 Å². The van der Waals surface area contributed by atoms with Crippen molar-refractivity contribution in [2.45, 2.75) is 26.3 Å². The van der Waals surface area contributed by atoms with Crippen molar-refractivity contribution >= 4 is 29.4 Å². The number of imide groups is 1. The molecule has 0 spiro atoms. The zero-order chi connectivity index (χ0) is 18.4. The number of benzene rings is 1. The van der Waals surface area contributed by atoms with Gasteiger partial charge < -0.3 is 9.47 Å². The number of ether oxygens (including phenoxy) is 2. The van der Waals surface area contributed by atoms with Gasteiger partial charge in [0.2, 0.25) is 5.91 Å². The van der Waals surface area contributed by atoms with Gasteiger partial charge in [-0.1, -0.05) is 0 Å². The van der Waals surface area contributed by atoms with Crippen LogP contribution in [0.4, 0.5) is 5.69 Å². The van der Waals surface area contributed by atoms with Gasteiger partial charge in [-0.2, -0.15) is 0 Å². The van der Waals surface area contributed by atoms with Crippen molar-refractivity contribution in [1.82, 2.24) is 5.32 Å². The molecule has 1 heterocycles.